The highest BCUT2D eigenvalue weighted by molar-refractivity contribution is 6.00. The molecule has 2 aliphatic rings. The Hall–Kier alpha value is -3.34. The number of rotatable bonds is 2. The van der Waals surface area contributed by atoms with Crippen molar-refractivity contribution < 1.29 is 32.3 Å². The highest BCUT2D eigenvalue weighted by Gasteiger charge is 2.36. The standard InChI is InChI=1S/C20H18F3N5O3/c1-26-4-6-27(7-5-26)19(29)13-10-24-28-17(20(21,22)23)9-14(25-18(13)28)12-2-3-15-16(8-12)31-11-30-15/h2-3,8-10H,4-7,11H2,1H3/p+1. The third-order valence-electron chi connectivity index (χ3n) is 5.57. The van der Waals surface area contributed by atoms with Crippen molar-refractivity contribution in [1.82, 2.24) is 19.5 Å². The smallest absolute Gasteiger partial charge is 0.433 e. The molecule has 1 N–H and O–H groups in total. The number of carbonyl (C=O) groups excluding carboxylic acids is 1. The second-order valence-corrected chi connectivity index (χ2v) is 7.64. The van der Waals surface area contributed by atoms with Gasteiger partial charge in [0.1, 0.15) is 5.56 Å². The van der Waals surface area contributed by atoms with Crippen LogP contribution in [0.1, 0.15) is 16.1 Å². The lowest BCUT2D eigenvalue weighted by atomic mass is 10.1. The van der Waals surface area contributed by atoms with Crippen LogP contribution < -0.4 is 14.4 Å². The molecule has 1 saturated heterocycles. The fourth-order valence-electron chi connectivity index (χ4n) is 3.78. The number of carbonyl (C=O) groups is 1. The number of hydrogen-bond donors (Lipinski definition) is 1. The molecule has 0 aliphatic carbocycles. The van der Waals surface area contributed by atoms with E-state index in [0.29, 0.717) is 34.7 Å². The molecule has 0 spiro atoms. The van der Waals surface area contributed by atoms with Gasteiger partial charge in [-0.3, -0.25) is 4.79 Å². The molecule has 0 saturated carbocycles. The lowest BCUT2D eigenvalue weighted by Gasteiger charge is -2.29. The molecule has 162 valence electrons. The summed E-state index contributed by atoms with van der Waals surface area (Å²) < 4.78 is 52.7. The summed E-state index contributed by atoms with van der Waals surface area (Å²) in [7, 11) is 2.03. The van der Waals surface area contributed by atoms with Gasteiger partial charge in [0.05, 0.1) is 45.1 Å². The predicted molar refractivity (Wildman–Crippen MR) is 102 cm³/mol. The van der Waals surface area contributed by atoms with Crippen LogP contribution >= 0.6 is 0 Å². The average Bonchev–Trinajstić information content (AvgIpc) is 3.38. The number of aromatic nitrogens is 3. The molecule has 11 heteroatoms. The first-order valence-corrected chi connectivity index (χ1v) is 9.78. The van der Waals surface area contributed by atoms with E-state index in [1.165, 1.54) is 4.90 Å². The van der Waals surface area contributed by atoms with Gasteiger partial charge in [0.2, 0.25) is 6.79 Å². The van der Waals surface area contributed by atoms with Crippen LogP contribution in [-0.2, 0) is 6.18 Å². The van der Waals surface area contributed by atoms with Crippen LogP contribution in [0.4, 0.5) is 13.2 Å². The lowest BCUT2D eigenvalue weighted by Crippen LogP contribution is -3.12. The largest absolute Gasteiger partial charge is 0.454 e. The summed E-state index contributed by atoms with van der Waals surface area (Å²) in [5, 5.41) is 3.85. The lowest BCUT2D eigenvalue weighted by molar-refractivity contribution is -0.883. The molecule has 4 heterocycles. The molecule has 3 aromatic rings. The number of likely N-dealkylation sites (N-methyl/N-ethyl adjacent to an activating group) is 1. The maximum absolute atomic E-state index is 13.8. The van der Waals surface area contributed by atoms with Crippen molar-refractivity contribution in [3.05, 3.63) is 41.7 Å². The van der Waals surface area contributed by atoms with Crippen molar-refractivity contribution in [1.29, 1.82) is 0 Å². The second-order valence-electron chi connectivity index (χ2n) is 7.64. The van der Waals surface area contributed by atoms with Crippen LogP contribution in [0.2, 0.25) is 0 Å². The first-order valence-electron chi connectivity index (χ1n) is 9.78. The van der Waals surface area contributed by atoms with Crippen molar-refractivity contribution in [2.45, 2.75) is 6.18 Å². The number of fused-ring (bicyclic) bond motifs is 2. The highest BCUT2D eigenvalue weighted by atomic mass is 19.4. The topological polar surface area (TPSA) is 73.4 Å². The van der Waals surface area contributed by atoms with E-state index in [4.69, 9.17) is 9.47 Å². The zero-order valence-electron chi connectivity index (χ0n) is 16.6. The normalized spacial score (nSPS) is 16.8. The molecule has 1 amide bonds. The molecule has 0 bridgehead atoms. The Morgan fingerprint density at radius 2 is 1.87 bits per heavy atom. The van der Waals surface area contributed by atoms with E-state index in [1.807, 2.05) is 7.05 Å². The molecule has 2 aliphatic heterocycles. The number of alkyl halides is 3. The van der Waals surface area contributed by atoms with Gasteiger partial charge >= 0.3 is 6.18 Å². The van der Waals surface area contributed by atoms with Gasteiger partial charge in [-0.05, 0) is 24.3 Å². The molecule has 0 atom stereocenters. The number of amides is 1. The number of hydrogen-bond acceptors (Lipinski definition) is 5. The van der Waals surface area contributed by atoms with Gasteiger partial charge in [0.25, 0.3) is 5.91 Å². The zero-order valence-corrected chi connectivity index (χ0v) is 16.6. The summed E-state index contributed by atoms with van der Waals surface area (Å²) in [6.07, 6.45) is -3.52. The minimum Gasteiger partial charge on any atom is -0.454 e. The van der Waals surface area contributed by atoms with Gasteiger partial charge < -0.3 is 19.3 Å². The number of halogens is 3. The average molecular weight is 434 g/mol. The van der Waals surface area contributed by atoms with Gasteiger partial charge in [-0.15, -0.1) is 0 Å². The summed E-state index contributed by atoms with van der Waals surface area (Å²) in [6, 6.07) is 5.72. The summed E-state index contributed by atoms with van der Waals surface area (Å²) in [4.78, 5) is 20.4. The van der Waals surface area contributed by atoms with Gasteiger partial charge in [0, 0.05) is 5.56 Å². The minimum atomic E-state index is -4.68. The monoisotopic (exact) mass is 434 g/mol. The molecule has 1 aromatic carbocycles. The van der Waals surface area contributed by atoms with E-state index in [-0.39, 0.29) is 29.6 Å². The van der Waals surface area contributed by atoms with E-state index in [1.54, 1.807) is 23.1 Å². The van der Waals surface area contributed by atoms with Crippen molar-refractivity contribution >= 4 is 11.6 Å². The predicted octanol–water partition coefficient (Wildman–Crippen LogP) is 1.11. The number of nitrogens with one attached hydrogen (secondary N) is 1. The molecule has 0 unspecified atom stereocenters. The van der Waals surface area contributed by atoms with Gasteiger partial charge in [0.15, 0.2) is 22.8 Å². The number of ether oxygens (including phenoxy) is 2. The SMILES string of the molecule is C[NH+]1CCN(C(=O)c2cnn3c(C(F)(F)F)cc(-c4ccc5c(c4)OCO5)nc23)CC1. The fourth-order valence-corrected chi connectivity index (χ4v) is 3.78. The minimum absolute atomic E-state index is 0.0487. The molecule has 1 fully saturated rings. The Kier molecular flexibility index (Phi) is 4.50. The molecule has 5 rings (SSSR count). The second kappa shape index (κ2) is 7.12. The van der Waals surface area contributed by atoms with E-state index in [9.17, 15) is 18.0 Å². The quantitative estimate of drug-likeness (QED) is 0.655. The molecule has 8 nitrogen and oxygen atoms in total. The molecule has 0 radical (unpaired) electrons. The van der Waals surface area contributed by atoms with Crippen molar-refractivity contribution in [3.8, 4) is 22.8 Å². The third-order valence-corrected chi connectivity index (χ3v) is 5.57. The van der Waals surface area contributed by atoms with E-state index < -0.39 is 11.9 Å². The maximum Gasteiger partial charge on any atom is 0.433 e. The Morgan fingerprint density at radius 1 is 1.13 bits per heavy atom. The van der Waals surface area contributed by atoms with E-state index >= 15 is 0 Å². The summed E-state index contributed by atoms with van der Waals surface area (Å²) in [5.74, 6) is 0.571. The van der Waals surface area contributed by atoms with Gasteiger partial charge in [-0.25, -0.2) is 9.50 Å². The summed E-state index contributed by atoms with van der Waals surface area (Å²) in [6.45, 7) is 2.64. The van der Waals surface area contributed by atoms with Crippen LogP contribution in [-0.4, -0.2) is 65.4 Å². The van der Waals surface area contributed by atoms with Crippen molar-refractivity contribution in [2.75, 3.05) is 40.0 Å². The summed E-state index contributed by atoms with van der Waals surface area (Å²) >= 11 is 0. The van der Waals surface area contributed by atoms with Crippen molar-refractivity contribution in [3.63, 3.8) is 0 Å². The zero-order chi connectivity index (χ0) is 21.8. The van der Waals surface area contributed by atoms with E-state index in [0.717, 1.165) is 25.4 Å². The van der Waals surface area contributed by atoms with Crippen LogP contribution in [0.3, 0.4) is 0 Å². The number of piperazine rings is 1. The van der Waals surface area contributed by atoms with Crippen LogP contribution in [0, 0.1) is 0 Å². The Bertz CT molecular complexity index is 1170. The van der Waals surface area contributed by atoms with Crippen LogP contribution in [0.5, 0.6) is 11.5 Å². The van der Waals surface area contributed by atoms with Gasteiger partial charge in [-0.1, -0.05) is 0 Å². The Balaban J connectivity index is 1.62. The third kappa shape index (κ3) is 3.44. The number of benzene rings is 1. The molecular formula is C20H19F3N5O3+. The van der Waals surface area contributed by atoms with Crippen molar-refractivity contribution in [2.24, 2.45) is 0 Å². The highest BCUT2D eigenvalue weighted by Crippen LogP contribution is 2.37. The van der Waals surface area contributed by atoms with E-state index in [2.05, 4.69) is 10.1 Å². The number of nitrogens with zero attached hydrogens (tertiary/aromatic N) is 4. The molecular weight excluding hydrogens is 415 g/mol. The first-order chi connectivity index (χ1) is 14.8. The van der Waals surface area contributed by atoms with Gasteiger partial charge in [-0.2, -0.15) is 18.3 Å². The molecule has 31 heavy (non-hydrogen) atoms. The number of quaternary nitrogens is 1. The van der Waals surface area contributed by atoms with Crippen LogP contribution in [0.25, 0.3) is 16.9 Å². The Labute approximate surface area is 174 Å². The fraction of sp³-hybridized carbons (Fsp3) is 0.350. The maximum atomic E-state index is 13.8. The Morgan fingerprint density at radius 3 is 2.61 bits per heavy atom. The molecule has 2 aromatic heterocycles. The summed E-state index contributed by atoms with van der Waals surface area (Å²) in [5.41, 5.74) is -0.603. The van der Waals surface area contributed by atoms with Crippen LogP contribution in [0.15, 0.2) is 30.5 Å². The first kappa shape index (κ1) is 19.6.